The molecule has 0 aliphatic heterocycles. The van der Waals surface area contributed by atoms with Crippen molar-refractivity contribution in [2.24, 2.45) is 11.1 Å². The fraction of sp³-hybridized carbons (Fsp3) is 0.444. The molecule has 2 atom stereocenters. The van der Waals surface area contributed by atoms with Crippen LogP contribution in [-0.4, -0.2) is 11.3 Å². The topological polar surface area (TPSA) is 43.1 Å². The van der Waals surface area contributed by atoms with Crippen molar-refractivity contribution in [3.63, 3.8) is 0 Å². The molecule has 0 saturated heterocycles. The summed E-state index contributed by atoms with van der Waals surface area (Å²) in [5.41, 5.74) is 6.10. The van der Waals surface area contributed by atoms with Crippen LogP contribution in [0.4, 0.5) is 0 Å². The van der Waals surface area contributed by atoms with Crippen LogP contribution in [0, 0.1) is 5.41 Å². The lowest BCUT2D eigenvalue weighted by molar-refractivity contribution is -0.118. The summed E-state index contributed by atoms with van der Waals surface area (Å²) < 4.78 is 0. The highest BCUT2D eigenvalue weighted by Gasteiger charge is 2.36. The van der Waals surface area contributed by atoms with Gasteiger partial charge in [0.2, 0.25) is 5.24 Å². The van der Waals surface area contributed by atoms with E-state index in [0.29, 0.717) is 0 Å². The number of carbonyl (C=O) groups is 1. The van der Waals surface area contributed by atoms with Gasteiger partial charge in [0, 0.05) is 6.04 Å². The van der Waals surface area contributed by atoms with Crippen LogP contribution in [0.2, 0.25) is 0 Å². The number of hydrogen-bond acceptors (Lipinski definition) is 2. The molecule has 12 heavy (non-hydrogen) atoms. The smallest absolute Gasteiger partial charge is 0.233 e. The van der Waals surface area contributed by atoms with Gasteiger partial charge in [0.05, 0.1) is 5.41 Å². The van der Waals surface area contributed by atoms with E-state index in [1.54, 1.807) is 13.0 Å². The molecule has 3 heteroatoms. The van der Waals surface area contributed by atoms with Crippen LogP contribution in [0.1, 0.15) is 13.8 Å². The first kappa shape index (κ1) is 9.49. The quantitative estimate of drug-likeness (QED) is 0.631. The standard InChI is InChI=1S/C9H12ClNO/c1-6-3-4-9(2,8(10)12)7(11)5-6/h3-5,7H,11H2,1-2H3. The van der Waals surface area contributed by atoms with Gasteiger partial charge >= 0.3 is 0 Å². The maximum Gasteiger partial charge on any atom is 0.233 e. The van der Waals surface area contributed by atoms with Crippen molar-refractivity contribution in [2.45, 2.75) is 19.9 Å². The minimum Gasteiger partial charge on any atom is -0.323 e. The normalized spacial score (nSPS) is 34.7. The average Bonchev–Trinajstić information content (AvgIpc) is 1.97. The SMILES string of the molecule is CC1=CC(N)C(C)(C(=O)Cl)C=C1. The third-order valence-corrected chi connectivity index (χ3v) is 2.66. The van der Waals surface area contributed by atoms with Gasteiger partial charge in [-0.3, -0.25) is 4.79 Å². The summed E-state index contributed by atoms with van der Waals surface area (Å²) in [6, 6.07) is -0.313. The van der Waals surface area contributed by atoms with Crippen molar-refractivity contribution < 1.29 is 4.79 Å². The van der Waals surface area contributed by atoms with E-state index in [-0.39, 0.29) is 6.04 Å². The predicted octanol–water partition coefficient (Wildman–Crippen LogP) is 1.60. The Labute approximate surface area is 77.1 Å². The molecule has 0 spiro atoms. The molecule has 1 aliphatic rings. The lowest BCUT2D eigenvalue weighted by Crippen LogP contribution is -2.42. The second-order valence-electron chi connectivity index (χ2n) is 3.33. The highest BCUT2D eigenvalue weighted by molar-refractivity contribution is 6.65. The molecule has 0 amide bonds. The number of carbonyl (C=O) groups excluding carboxylic acids is 1. The van der Waals surface area contributed by atoms with Crippen molar-refractivity contribution in [3.8, 4) is 0 Å². The first-order valence-corrected chi connectivity index (χ1v) is 4.18. The molecule has 0 radical (unpaired) electrons. The van der Waals surface area contributed by atoms with Crippen LogP contribution in [-0.2, 0) is 4.79 Å². The molecule has 0 aromatic heterocycles. The Bertz CT molecular complexity index is 270. The Morgan fingerprint density at radius 3 is 2.75 bits per heavy atom. The van der Waals surface area contributed by atoms with E-state index in [9.17, 15) is 4.79 Å². The number of halogens is 1. The summed E-state index contributed by atoms with van der Waals surface area (Å²) in [5, 5.41) is -0.407. The monoisotopic (exact) mass is 185 g/mol. The molecular formula is C9H12ClNO. The largest absolute Gasteiger partial charge is 0.323 e. The van der Waals surface area contributed by atoms with Crippen molar-refractivity contribution >= 4 is 16.8 Å². The highest BCUT2D eigenvalue weighted by atomic mass is 35.5. The summed E-state index contributed by atoms with van der Waals surface area (Å²) >= 11 is 5.44. The van der Waals surface area contributed by atoms with Gasteiger partial charge in [-0.15, -0.1) is 0 Å². The third kappa shape index (κ3) is 1.45. The Morgan fingerprint density at radius 1 is 1.75 bits per heavy atom. The van der Waals surface area contributed by atoms with E-state index >= 15 is 0 Å². The van der Waals surface area contributed by atoms with E-state index in [0.717, 1.165) is 5.57 Å². The van der Waals surface area contributed by atoms with Crippen LogP contribution in [0.15, 0.2) is 23.8 Å². The van der Waals surface area contributed by atoms with Crippen molar-refractivity contribution in [2.75, 3.05) is 0 Å². The predicted molar refractivity (Wildman–Crippen MR) is 49.8 cm³/mol. The van der Waals surface area contributed by atoms with Gasteiger partial charge in [0.1, 0.15) is 0 Å². The van der Waals surface area contributed by atoms with Crippen LogP contribution >= 0.6 is 11.6 Å². The molecule has 0 heterocycles. The highest BCUT2D eigenvalue weighted by Crippen LogP contribution is 2.30. The first-order valence-electron chi connectivity index (χ1n) is 3.80. The van der Waals surface area contributed by atoms with E-state index in [1.165, 1.54) is 0 Å². The van der Waals surface area contributed by atoms with Crippen molar-refractivity contribution in [3.05, 3.63) is 23.8 Å². The average molecular weight is 186 g/mol. The Balaban J connectivity index is 2.99. The number of nitrogens with two attached hydrogens (primary N) is 1. The van der Waals surface area contributed by atoms with Gasteiger partial charge < -0.3 is 5.73 Å². The summed E-state index contributed by atoms with van der Waals surface area (Å²) in [6.45, 7) is 3.68. The Hall–Kier alpha value is -0.600. The molecule has 0 fully saturated rings. The van der Waals surface area contributed by atoms with Crippen molar-refractivity contribution in [1.29, 1.82) is 0 Å². The molecule has 1 rings (SSSR count). The van der Waals surface area contributed by atoms with E-state index in [4.69, 9.17) is 17.3 Å². The van der Waals surface area contributed by atoms with Gasteiger partial charge in [-0.1, -0.05) is 23.8 Å². The zero-order valence-electron chi connectivity index (χ0n) is 7.17. The fourth-order valence-electron chi connectivity index (χ4n) is 1.12. The molecule has 0 aromatic rings. The van der Waals surface area contributed by atoms with E-state index in [2.05, 4.69) is 0 Å². The molecule has 2 nitrogen and oxygen atoms in total. The molecule has 0 aromatic carbocycles. The van der Waals surface area contributed by atoms with Gasteiger partial charge in [0.15, 0.2) is 0 Å². The van der Waals surface area contributed by atoms with Gasteiger partial charge in [-0.05, 0) is 25.4 Å². The second-order valence-corrected chi connectivity index (χ2v) is 3.67. The number of allylic oxidation sites excluding steroid dienone is 2. The maximum atomic E-state index is 11.0. The molecule has 66 valence electrons. The zero-order chi connectivity index (χ0) is 9.35. The second kappa shape index (κ2) is 3.04. The first-order chi connectivity index (χ1) is 5.47. The van der Waals surface area contributed by atoms with Gasteiger partial charge in [-0.25, -0.2) is 0 Å². The zero-order valence-corrected chi connectivity index (χ0v) is 7.93. The summed E-state index contributed by atoms with van der Waals surface area (Å²) in [6.07, 6.45) is 5.48. The molecular weight excluding hydrogens is 174 g/mol. The van der Waals surface area contributed by atoms with Crippen LogP contribution < -0.4 is 5.73 Å². The molecule has 2 N–H and O–H groups in total. The van der Waals surface area contributed by atoms with Crippen LogP contribution in [0.25, 0.3) is 0 Å². The summed E-state index contributed by atoms with van der Waals surface area (Å²) in [7, 11) is 0. The third-order valence-electron chi connectivity index (χ3n) is 2.25. The summed E-state index contributed by atoms with van der Waals surface area (Å²) in [4.78, 5) is 11.0. The Morgan fingerprint density at radius 2 is 2.33 bits per heavy atom. The van der Waals surface area contributed by atoms with E-state index in [1.807, 2.05) is 19.1 Å². The lowest BCUT2D eigenvalue weighted by atomic mass is 9.79. The van der Waals surface area contributed by atoms with E-state index < -0.39 is 10.7 Å². The molecule has 0 saturated carbocycles. The molecule has 2 unspecified atom stereocenters. The minimum absolute atomic E-state index is 0.313. The minimum atomic E-state index is -0.735. The Kier molecular flexibility index (Phi) is 2.40. The van der Waals surface area contributed by atoms with Crippen molar-refractivity contribution in [1.82, 2.24) is 0 Å². The maximum absolute atomic E-state index is 11.0. The lowest BCUT2D eigenvalue weighted by Gasteiger charge is -2.29. The number of hydrogen-bond donors (Lipinski definition) is 1. The number of rotatable bonds is 1. The summed E-state index contributed by atoms with van der Waals surface area (Å²) in [5.74, 6) is 0. The fourth-order valence-corrected chi connectivity index (χ4v) is 1.31. The molecule has 1 aliphatic carbocycles. The van der Waals surface area contributed by atoms with Crippen LogP contribution in [0.5, 0.6) is 0 Å². The van der Waals surface area contributed by atoms with Gasteiger partial charge in [0.25, 0.3) is 0 Å². The van der Waals surface area contributed by atoms with Crippen LogP contribution in [0.3, 0.4) is 0 Å². The molecule has 0 bridgehead atoms. The van der Waals surface area contributed by atoms with Gasteiger partial charge in [-0.2, -0.15) is 0 Å².